The molecule has 0 radical (unpaired) electrons. The van der Waals surface area contributed by atoms with Gasteiger partial charge in [0.05, 0.1) is 5.02 Å². The van der Waals surface area contributed by atoms with Crippen LogP contribution in [0.2, 0.25) is 5.02 Å². The smallest absolute Gasteiger partial charge is 0.0548 e. The van der Waals surface area contributed by atoms with E-state index in [0.717, 1.165) is 16.0 Å². The zero-order valence-electron chi connectivity index (χ0n) is 9.35. The lowest BCUT2D eigenvalue weighted by molar-refractivity contribution is 0.426. The summed E-state index contributed by atoms with van der Waals surface area (Å²) in [6.07, 6.45) is 0. The first-order valence-electron chi connectivity index (χ1n) is 5.18. The molecule has 0 amide bonds. The molecule has 1 nitrogen and oxygen atoms in total. The Morgan fingerprint density at radius 3 is 2.53 bits per heavy atom. The summed E-state index contributed by atoms with van der Waals surface area (Å²) in [5.74, 6) is 0.653. The molecule has 1 unspecified atom stereocenters. The summed E-state index contributed by atoms with van der Waals surface area (Å²) in [5, 5.41) is 4.24. The average molecular weight is 291 g/mol. The highest BCUT2D eigenvalue weighted by Gasteiger charge is 2.06. The quantitative estimate of drug-likeness (QED) is 0.875. The van der Waals surface area contributed by atoms with E-state index >= 15 is 0 Å². The molecule has 84 valence electrons. The summed E-state index contributed by atoms with van der Waals surface area (Å²) in [5.41, 5.74) is 1.25. The number of hydrogen-bond donors (Lipinski definition) is 1. The number of rotatable bonds is 4. The van der Waals surface area contributed by atoms with Crippen molar-refractivity contribution < 1.29 is 0 Å². The molecule has 15 heavy (non-hydrogen) atoms. The number of halogens is 2. The summed E-state index contributed by atoms with van der Waals surface area (Å²) in [6, 6.07) is 6.55. The summed E-state index contributed by atoms with van der Waals surface area (Å²) in [6.45, 7) is 7.52. The lowest BCUT2D eigenvalue weighted by Gasteiger charge is -2.17. The van der Waals surface area contributed by atoms with Crippen LogP contribution >= 0.6 is 27.5 Å². The molecule has 0 fully saturated rings. The maximum absolute atomic E-state index is 5.93. The van der Waals surface area contributed by atoms with E-state index in [1.54, 1.807) is 0 Å². The fraction of sp³-hybridized carbons (Fsp3) is 0.500. The van der Waals surface area contributed by atoms with Crippen LogP contribution in [0.25, 0.3) is 0 Å². The van der Waals surface area contributed by atoms with Gasteiger partial charge in [-0.2, -0.15) is 0 Å². The molecule has 1 N–H and O–H groups in total. The Morgan fingerprint density at radius 1 is 1.33 bits per heavy atom. The molecule has 1 aromatic carbocycles. The summed E-state index contributed by atoms with van der Waals surface area (Å²) in [7, 11) is 0. The van der Waals surface area contributed by atoms with E-state index in [1.807, 2.05) is 12.1 Å². The van der Waals surface area contributed by atoms with Crippen molar-refractivity contribution in [1.29, 1.82) is 0 Å². The van der Waals surface area contributed by atoms with E-state index in [4.69, 9.17) is 11.6 Å². The third-order valence-corrected chi connectivity index (χ3v) is 3.83. The van der Waals surface area contributed by atoms with Gasteiger partial charge in [-0.25, -0.2) is 0 Å². The van der Waals surface area contributed by atoms with Crippen molar-refractivity contribution in [2.75, 3.05) is 0 Å². The van der Waals surface area contributed by atoms with E-state index in [9.17, 15) is 0 Å². The third kappa shape index (κ3) is 4.13. The highest BCUT2D eigenvalue weighted by atomic mass is 79.9. The van der Waals surface area contributed by atoms with Gasteiger partial charge < -0.3 is 5.32 Å². The van der Waals surface area contributed by atoms with Crippen molar-refractivity contribution in [2.24, 2.45) is 5.92 Å². The Balaban J connectivity index is 2.55. The fourth-order valence-electron chi connectivity index (χ4n) is 1.16. The molecular weight excluding hydrogens is 273 g/mol. The van der Waals surface area contributed by atoms with E-state index in [2.05, 4.69) is 48.1 Å². The molecular formula is C12H17BrClN. The third-order valence-electron chi connectivity index (χ3n) is 2.61. The molecule has 0 spiro atoms. The Hall–Kier alpha value is -0.0500. The van der Waals surface area contributed by atoms with Gasteiger partial charge >= 0.3 is 0 Å². The van der Waals surface area contributed by atoms with Crippen LogP contribution in [0.15, 0.2) is 22.7 Å². The minimum absolute atomic E-state index is 0.527. The first-order chi connectivity index (χ1) is 7.00. The van der Waals surface area contributed by atoms with Crippen LogP contribution in [0.1, 0.15) is 26.3 Å². The van der Waals surface area contributed by atoms with Gasteiger partial charge in [-0.1, -0.05) is 31.5 Å². The van der Waals surface area contributed by atoms with E-state index in [0.29, 0.717) is 12.0 Å². The highest BCUT2D eigenvalue weighted by Crippen LogP contribution is 2.23. The second-order valence-corrected chi connectivity index (χ2v) is 5.42. The van der Waals surface area contributed by atoms with Gasteiger partial charge in [0.2, 0.25) is 0 Å². The Labute approximate surface area is 105 Å². The lowest BCUT2D eigenvalue weighted by Crippen LogP contribution is -2.30. The minimum atomic E-state index is 0.527. The van der Waals surface area contributed by atoms with Gasteiger partial charge in [0, 0.05) is 17.1 Å². The van der Waals surface area contributed by atoms with Crippen LogP contribution in [0.3, 0.4) is 0 Å². The predicted octanol–water partition coefficient (Wildman–Crippen LogP) is 4.24. The van der Waals surface area contributed by atoms with Crippen LogP contribution in [0.5, 0.6) is 0 Å². The molecule has 0 bridgehead atoms. The lowest BCUT2D eigenvalue weighted by atomic mass is 10.1. The Morgan fingerprint density at radius 2 is 2.00 bits per heavy atom. The standard InChI is InChI=1S/C12H17BrClN/c1-8(2)9(3)15-7-10-4-5-12(14)11(13)6-10/h4-6,8-9,15H,7H2,1-3H3. The molecule has 0 saturated carbocycles. The van der Waals surface area contributed by atoms with Crippen LogP contribution in [0.4, 0.5) is 0 Å². The van der Waals surface area contributed by atoms with Crippen molar-refractivity contribution in [1.82, 2.24) is 5.32 Å². The maximum Gasteiger partial charge on any atom is 0.0548 e. The maximum atomic E-state index is 5.93. The molecule has 0 heterocycles. The Bertz CT molecular complexity index is 325. The van der Waals surface area contributed by atoms with Gasteiger partial charge in [-0.3, -0.25) is 0 Å². The average Bonchev–Trinajstić information content (AvgIpc) is 2.19. The fourth-order valence-corrected chi connectivity index (χ4v) is 1.71. The largest absolute Gasteiger partial charge is 0.310 e. The van der Waals surface area contributed by atoms with Gasteiger partial charge in [0.1, 0.15) is 0 Å². The van der Waals surface area contributed by atoms with E-state index in [1.165, 1.54) is 5.56 Å². The SMILES string of the molecule is CC(C)C(C)NCc1ccc(Cl)c(Br)c1. The van der Waals surface area contributed by atoms with E-state index < -0.39 is 0 Å². The molecule has 0 aliphatic rings. The van der Waals surface area contributed by atoms with Gasteiger partial charge in [-0.05, 0) is 46.5 Å². The summed E-state index contributed by atoms with van der Waals surface area (Å²) in [4.78, 5) is 0. The predicted molar refractivity (Wildman–Crippen MR) is 70.3 cm³/mol. The number of nitrogens with one attached hydrogen (secondary N) is 1. The molecule has 0 aliphatic heterocycles. The molecule has 3 heteroatoms. The first-order valence-corrected chi connectivity index (χ1v) is 6.35. The van der Waals surface area contributed by atoms with Crippen molar-refractivity contribution in [3.8, 4) is 0 Å². The highest BCUT2D eigenvalue weighted by molar-refractivity contribution is 9.10. The molecule has 0 saturated heterocycles. The van der Waals surface area contributed by atoms with Crippen molar-refractivity contribution in [3.05, 3.63) is 33.3 Å². The summed E-state index contributed by atoms with van der Waals surface area (Å²) >= 11 is 9.35. The normalized spacial score (nSPS) is 13.2. The molecule has 1 rings (SSSR count). The van der Waals surface area contributed by atoms with Gasteiger partial charge in [0.15, 0.2) is 0 Å². The van der Waals surface area contributed by atoms with Crippen molar-refractivity contribution in [2.45, 2.75) is 33.4 Å². The van der Waals surface area contributed by atoms with Crippen molar-refractivity contribution in [3.63, 3.8) is 0 Å². The minimum Gasteiger partial charge on any atom is -0.310 e. The van der Waals surface area contributed by atoms with E-state index in [-0.39, 0.29) is 0 Å². The second-order valence-electron chi connectivity index (χ2n) is 4.16. The molecule has 0 aromatic heterocycles. The van der Waals surface area contributed by atoms with Crippen LogP contribution in [-0.4, -0.2) is 6.04 Å². The number of benzene rings is 1. The molecule has 1 atom stereocenters. The zero-order valence-corrected chi connectivity index (χ0v) is 11.7. The molecule has 0 aliphatic carbocycles. The van der Waals surface area contributed by atoms with Crippen LogP contribution in [0, 0.1) is 5.92 Å². The van der Waals surface area contributed by atoms with Gasteiger partial charge in [-0.15, -0.1) is 0 Å². The molecule has 1 aromatic rings. The topological polar surface area (TPSA) is 12.0 Å². The van der Waals surface area contributed by atoms with Crippen LogP contribution < -0.4 is 5.32 Å². The van der Waals surface area contributed by atoms with Gasteiger partial charge in [0.25, 0.3) is 0 Å². The number of hydrogen-bond acceptors (Lipinski definition) is 1. The zero-order chi connectivity index (χ0) is 11.4. The van der Waals surface area contributed by atoms with Crippen LogP contribution in [-0.2, 0) is 6.54 Å². The Kier molecular flexibility index (Phi) is 5.10. The monoisotopic (exact) mass is 289 g/mol. The first kappa shape index (κ1) is 13.0. The second kappa shape index (κ2) is 5.88. The van der Waals surface area contributed by atoms with Crippen molar-refractivity contribution >= 4 is 27.5 Å². The summed E-state index contributed by atoms with van der Waals surface area (Å²) < 4.78 is 0.959.